The summed E-state index contributed by atoms with van der Waals surface area (Å²) in [6, 6.07) is 0. The van der Waals surface area contributed by atoms with Gasteiger partial charge in [0.25, 0.3) is 0 Å². The van der Waals surface area contributed by atoms with Crippen molar-refractivity contribution in [3.8, 4) is 0 Å². The monoisotopic (exact) mass is 257 g/mol. The van der Waals surface area contributed by atoms with Crippen LogP contribution in [0.3, 0.4) is 0 Å². The first-order valence-electron chi connectivity index (χ1n) is 5.79. The first kappa shape index (κ1) is 12.4. The van der Waals surface area contributed by atoms with Crippen molar-refractivity contribution in [3.63, 3.8) is 0 Å². The third-order valence-corrected chi connectivity index (χ3v) is 3.80. The molecule has 0 aromatic carbocycles. The Bertz CT molecular complexity index is 370. The highest BCUT2D eigenvalue weighted by Crippen LogP contribution is 2.21. The number of rotatable bonds is 4. The van der Waals surface area contributed by atoms with Crippen molar-refractivity contribution in [2.24, 2.45) is 16.9 Å². The minimum Gasteiger partial charge on any atom is -0.342 e. The van der Waals surface area contributed by atoms with Gasteiger partial charge in [-0.3, -0.25) is 9.59 Å². The number of halogens is 1. The van der Waals surface area contributed by atoms with Crippen LogP contribution in [0.2, 0.25) is 0 Å². The number of hydrogen-bond donors (Lipinski definition) is 1. The fourth-order valence-corrected chi connectivity index (χ4v) is 2.49. The van der Waals surface area contributed by atoms with Gasteiger partial charge in [-0.25, -0.2) is 5.43 Å². The second kappa shape index (κ2) is 5.04. The van der Waals surface area contributed by atoms with Gasteiger partial charge in [0.1, 0.15) is 0 Å². The third-order valence-electron chi connectivity index (χ3n) is 3.36. The van der Waals surface area contributed by atoms with Gasteiger partial charge in [0.15, 0.2) is 0 Å². The Morgan fingerprint density at radius 3 is 2.82 bits per heavy atom. The number of carbonyl (C=O) groups excluding carboxylic acids is 2. The molecule has 5 nitrogen and oxygen atoms in total. The fourth-order valence-electron chi connectivity index (χ4n) is 2.29. The number of likely N-dealkylation sites (tertiary alicyclic amines) is 1. The molecule has 0 aromatic heterocycles. The van der Waals surface area contributed by atoms with Crippen molar-refractivity contribution >= 4 is 29.1 Å². The fraction of sp³-hybridized carbons (Fsp3) is 0.727. The molecule has 0 saturated carbocycles. The van der Waals surface area contributed by atoms with E-state index in [0.29, 0.717) is 31.8 Å². The number of hydrazone groups is 1. The summed E-state index contributed by atoms with van der Waals surface area (Å²) in [4.78, 5) is 24.9. The molecule has 2 aliphatic rings. The molecular formula is C11H16ClN3O2. The summed E-state index contributed by atoms with van der Waals surface area (Å²) >= 11 is 5.75. The molecule has 2 heterocycles. The van der Waals surface area contributed by atoms with Crippen molar-refractivity contribution in [2.75, 3.05) is 19.0 Å². The first-order chi connectivity index (χ1) is 8.11. The zero-order chi connectivity index (χ0) is 12.4. The van der Waals surface area contributed by atoms with Crippen LogP contribution < -0.4 is 5.43 Å². The maximum atomic E-state index is 11.6. The lowest BCUT2D eigenvalue weighted by Crippen LogP contribution is -2.31. The van der Waals surface area contributed by atoms with E-state index in [0.717, 1.165) is 5.71 Å². The molecule has 1 N–H and O–H groups in total. The van der Waals surface area contributed by atoms with Gasteiger partial charge in [-0.05, 0) is 19.3 Å². The van der Waals surface area contributed by atoms with E-state index in [1.165, 1.54) is 0 Å². The predicted molar refractivity (Wildman–Crippen MR) is 64.8 cm³/mol. The van der Waals surface area contributed by atoms with Crippen LogP contribution in [0.5, 0.6) is 0 Å². The molecule has 2 atom stereocenters. The molecule has 1 saturated heterocycles. The Labute approximate surface area is 105 Å². The van der Waals surface area contributed by atoms with Crippen molar-refractivity contribution in [3.05, 3.63) is 0 Å². The Balaban J connectivity index is 1.85. The van der Waals surface area contributed by atoms with E-state index in [2.05, 4.69) is 10.5 Å². The quantitative estimate of drug-likeness (QED) is 0.749. The lowest BCUT2D eigenvalue weighted by Gasteiger charge is -2.17. The van der Waals surface area contributed by atoms with Crippen LogP contribution in [-0.4, -0.2) is 41.4 Å². The van der Waals surface area contributed by atoms with E-state index in [1.807, 2.05) is 6.92 Å². The van der Waals surface area contributed by atoms with Gasteiger partial charge < -0.3 is 4.90 Å². The van der Waals surface area contributed by atoms with Gasteiger partial charge in [-0.2, -0.15) is 5.10 Å². The van der Waals surface area contributed by atoms with Crippen LogP contribution in [0.25, 0.3) is 0 Å². The van der Waals surface area contributed by atoms with E-state index >= 15 is 0 Å². The number of nitrogens with zero attached hydrogens (tertiary/aromatic N) is 2. The maximum absolute atomic E-state index is 11.6. The molecule has 0 aliphatic carbocycles. The highest BCUT2D eigenvalue weighted by molar-refractivity contribution is 6.18. The zero-order valence-corrected chi connectivity index (χ0v) is 10.5. The van der Waals surface area contributed by atoms with Crippen LogP contribution in [-0.2, 0) is 9.59 Å². The maximum Gasteiger partial charge on any atom is 0.248 e. The average molecular weight is 258 g/mol. The Kier molecular flexibility index (Phi) is 3.66. The lowest BCUT2D eigenvalue weighted by atomic mass is 10.0. The molecular weight excluding hydrogens is 242 g/mol. The van der Waals surface area contributed by atoms with E-state index < -0.39 is 0 Å². The van der Waals surface area contributed by atoms with Gasteiger partial charge in [-0.1, -0.05) is 0 Å². The molecule has 6 heteroatoms. The summed E-state index contributed by atoms with van der Waals surface area (Å²) in [6.07, 6.45) is 1.18. The average Bonchev–Trinajstić information content (AvgIpc) is 2.81. The van der Waals surface area contributed by atoms with Gasteiger partial charge in [0.05, 0.1) is 5.92 Å². The Hall–Kier alpha value is -1.10. The van der Waals surface area contributed by atoms with Crippen LogP contribution in [0.4, 0.5) is 0 Å². The van der Waals surface area contributed by atoms with Crippen LogP contribution in [0.1, 0.15) is 19.8 Å². The highest BCUT2D eigenvalue weighted by Gasteiger charge is 2.32. The summed E-state index contributed by atoms with van der Waals surface area (Å²) in [5, 5.41) is 3.89. The molecule has 0 bridgehead atoms. The van der Waals surface area contributed by atoms with Crippen molar-refractivity contribution in [1.82, 2.24) is 10.3 Å². The number of nitrogens with one attached hydrogen (secondary N) is 1. The van der Waals surface area contributed by atoms with Crippen molar-refractivity contribution in [2.45, 2.75) is 19.8 Å². The summed E-state index contributed by atoms with van der Waals surface area (Å²) in [6.45, 7) is 3.15. The molecule has 1 fully saturated rings. The van der Waals surface area contributed by atoms with Crippen LogP contribution in [0, 0.1) is 11.8 Å². The molecule has 17 heavy (non-hydrogen) atoms. The summed E-state index contributed by atoms with van der Waals surface area (Å²) in [5.74, 6) is 0.674. The number of carbonyl (C=O) groups is 2. The first-order valence-corrected chi connectivity index (χ1v) is 6.33. The molecule has 0 spiro atoms. The van der Waals surface area contributed by atoms with Crippen molar-refractivity contribution < 1.29 is 9.59 Å². The van der Waals surface area contributed by atoms with E-state index in [9.17, 15) is 9.59 Å². The largest absolute Gasteiger partial charge is 0.342 e. The molecule has 2 unspecified atom stereocenters. The third kappa shape index (κ3) is 2.60. The van der Waals surface area contributed by atoms with E-state index in [-0.39, 0.29) is 23.7 Å². The van der Waals surface area contributed by atoms with E-state index in [4.69, 9.17) is 11.6 Å². The van der Waals surface area contributed by atoms with Crippen LogP contribution in [0.15, 0.2) is 5.10 Å². The SMILES string of the molecule is CC1=NNC(=O)C1CCN1CC(CCl)CC1=O. The van der Waals surface area contributed by atoms with E-state index in [1.54, 1.807) is 4.90 Å². The van der Waals surface area contributed by atoms with Gasteiger partial charge in [0.2, 0.25) is 11.8 Å². The summed E-state index contributed by atoms with van der Waals surface area (Å²) in [5.41, 5.74) is 3.25. The highest BCUT2D eigenvalue weighted by atomic mass is 35.5. The number of amides is 2. The topological polar surface area (TPSA) is 61.8 Å². The Morgan fingerprint density at radius 2 is 2.29 bits per heavy atom. The number of hydrogen-bond acceptors (Lipinski definition) is 3. The second-order valence-electron chi connectivity index (χ2n) is 4.63. The standard InChI is InChI=1S/C11H16ClN3O2/c1-7-9(11(17)14-13-7)2-3-15-6-8(5-12)4-10(15)16/h8-9H,2-6H2,1H3,(H,14,17). The minimum atomic E-state index is -0.183. The lowest BCUT2D eigenvalue weighted by molar-refractivity contribution is -0.128. The number of alkyl halides is 1. The molecule has 0 radical (unpaired) electrons. The second-order valence-corrected chi connectivity index (χ2v) is 4.94. The Morgan fingerprint density at radius 1 is 1.53 bits per heavy atom. The van der Waals surface area contributed by atoms with Crippen LogP contribution >= 0.6 is 11.6 Å². The van der Waals surface area contributed by atoms with Gasteiger partial charge >= 0.3 is 0 Å². The molecule has 2 amide bonds. The van der Waals surface area contributed by atoms with Gasteiger partial charge in [-0.15, -0.1) is 11.6 Å². The normalized spacial score (nSPS) is 28.6. The predicted octanol–water partition coefficient (Wildman–Crippen LogP) is 0.586. The molecule has 2 rings (SSSR count). The van der Waals surface area contributed by atoms with Gasteiger partial charge in [0, 0.05) is 31.1 Å². The van der Waals surface area contributed by atoms with Crippen molar-refractivity contribution in [1.29, 1.82) is 0 Å². The zero-order valence-electron chi connectivity index (χ0n) is 9.78. The minimum absolute atomic E-state index is 0.0666. The smallest absolute Gasteiger partial charge is 0.248 e. The molecule has 94 valence electrons. The molecule has 2 aliphatic heterocycles. The molecule has 0 aromatic rings. The summed E-state index contributed by atoms with van der Waals surface area (Å²) < 4.78 is 0. The summed E-state index contributed by atoms with van der Waals surface area (Å²) in [7, 11) is 0.